The van der Waals surface area contributed by atoms with Crippen molar-refractivity contribution in [2.75, 3.05) is 0 Å². The van der Waals surface area contributed by atoms with Crippen molar-refractivity contribution in [2.24, 2.45) is 11.7 Å². The highest BCUT2D eigenvalue weighted by Gasteiger charge is 2.26. The zero-order valence-electron chi connectivity index (χ0n) is 11.9. The van der Waals surface area contributed by atoms with Gasteiger partial charge < -0.3 is 10.5 Å². The SMILES string of the molecule is CCC1CCCCC1Oc1ccc(F)cc1[C@@H](C)N. The average molecular weight is 265 g/mol. The third-order valence-electron chi connectivity index (χ3n) is 4.10. The number of ether oxygens (including phenoxy) is 1. The topological polar surface area (TPSA) is 35.2 Å². The van der Waals surface area contributed by atoms with E-state index in [9.17, 15) is 4.39 Å². The molecule has 19 heavy (non-hydrogen) atoms. The van der Waals surface area contributed by atoms with Gasteiger partial charge in [-0.1, -0.05) is 13.3 Å². The molecule has 0 aromatic heterocycles. The fourth-order valence-corrected chi connectivity index (χ4v) is 2.94. The summed E-state index contributed by atoms with van der Waals surface area (Å²) in [5.74, 6) is 1.11. The molecule has 1 saturated carbocycles. The number of nitrogens with two attached hydrogens (primary N) is 1. The molecule has 0 amide bonds. The number of halogens is 1. The Kier molecular flexibility index (Phi) is 4.81. The molecule has 0 aliphatic heterocycles. The van der Waals surface area contributed by atoms with Crippen molar-refractivity contribution in [3.63, 3.8) is 0 Å². The van der Waals surface area contributed by atoms with Gasteiger partial charge in [0.05, 0.1) is 0 Å². The zero-order valence-corrected chi connectivity index (χ0v) is 11.9. The number of rotatable bonds is 4. The van der Waals surface area contributed by atoms with Crippen LogP contribution in [0, 0.1) is 11.7 Å². The second-order valence-electron chi connectivity index (χ2n) is 5.58. The van der Waals surface area contributed by atoms with Gasteiger partial charge in [0.1, 0.15) is 17.7 Å². The minimum atomic E-state index is -0.254. The van der Waals surface area contributed by atoms with E-state index in [-0.39, 0.29) is 18.0 Å². The van der Waals surface area contributed by atoms with Crippen LogP contribution in [0.15, 0.2) is 18.2 Å². The van der Waals surface area contributed by atoms with Gasteiger partial charge in [0.2, 0.25) is 0 Å². The van der Waals surface area contributed by atoms with Crippen molar-refractivity contribution in [3.05, 3.63) is 29.6 Å². The van der Waals surface area contributed by atoms with E-state index in [1.165, 1.54) is 31.4 Å². The molecule has 1 aliphatic carbocycles. The third-order valence-corrected chi connectivity index (χ3v) is 4.10. The molecule has 0 saturated heterocycles. The smallest absolute Gasteiger partial charge is 0.124 e. The standard InChI is InChI=1S/C16H24FNO/c1-3-12-6-4-5-7-15(12)19-16-9-8-13(17)10-14(16)11(2)18/h8-12,15H,3-7,18H2,1-2H3/t11-,12?,15?/m1/s1. The van der Waals surface area contributed by atoms with Crippen LogP contribution in [0.25, 0.3) is 0 Å². The molecular formula is C16H24FNO. The fourth-order valence-electron chi connectivity index (χ4n) is 2.94. The lowest BCUT2D eigenvalue weighted by Crippen LogP contribution is -2.30. The van der Waals surface area contributed by atoms with Crippen LogP contribution in [0.5, 0.6) is 5.75 Å². The van der Waals surface area contributed by atoms with E-state index in [1.807, 2.05) is 6.92 Å². The Bertz CT molecular complexity index is 419. The maximum absolute atomic E-state index is 13.3. The summed E-state index contributed by atoms with van der Waals surface area (Å²) in [4.78, 5) is 0. The van der Waals surface area contributed by atoms with Crippen LogP contribution in [0.4, 0.5) is 4.39 Å². The summed E-state index contributed by atoms with van der Waals surface area (Å²) in [6, 6.07) is 4.44. The zero-order chi connectivity index (χ0) is 13.8. The minimum Gasteiger partial charge on any atom is -0.490 e. The molecule has 1 aromatic carbocycles. The van der Waals surface area contributed by atoms with E-state index in [0.29, 0.717) is 5.92 Å². The summed E-state index contributed by atoms with van der Waals surface area (Å²) >= 11 is 0. The van der Waals surface area contributed by atoms with Crippen LogP contribution in [-0.4, -0.2) is 6.10 Å². The quantitative estimate of drug-likeness (QED) is 0.885. The van der Waals surface area contributed by atoms with Crippen molar-refractivity contribution in [1.82, 2.24) is 0 Å². The Morgan fingerprint density at radius 3 is 2.79 bits per heavy atom. The predicted molar refractivity (Wildman–Crippen MR) is 75.7 cm³/mol. The van der Waals surface area contributed by atoms with Gasteiger partial charge in [0.15, 0.2) is 0 Å². The summed E-state index contributed by atoms with van der Waals surface area (Å²) in [5, 5.41) is 0. The first-order valence-corrected chi connectivity index (χ1v) is 7.33. The molecule has 0 bridgehead atoms. The molecule has 3 heteroatoms. The first kappa shape index (κ1) is 14.3. The lowest BCUT2D eigenvalue weighted by molar-refractivity contribution is 0.0890. The highest BCUT2D eigenvalue weighted by molar-refractivity contribution is 5.36. The summed E-state index contributed by atoms with van der Waals surface area (Å²) in [6.07, 6.45) is 6.23. The van der Waals surface area contributed by atoms with E-state index >= 15 is 0 Å². The molecule has 2 unspecified atom stereocenters. The maximum atomic E-state index is 13.3. The van der Waals surface area contributed by atoms with Gasteiger partial charge >= 0.3 is 0 Å². The predicted octanol–water partition coefficient (Wildman–Crippen LogP) is 4.19. The fraction of sp³-hybridized carbons (Fsp3) is 0.625. The van der Waals surface area contributed by atoms with Crippen LogP contribution in [0.3, 0.4) is 0 Å². The Morgan fingerprint density at radius 1 is 1.37 bits per heavy atom. The Hall–Kier alpha value is -1.09. The number of hydrogen-bond acceptors (Lipinski definition) is 2. The highest BCUT2D eigenvalue weighted by Crippen LogP contribution is 2.33. The first-order chi connectivity index (χ1) is 9.11. The molecule has 106 valence electrons. The van der Waals surface area contributed by atoms with Gasteiger partial charge in [-0.25, -0.2) is 4.39 Å². The van der Waals surface area contributed by atoms with E-state index < -0.39 is 0 Å². The molecule has 2 N–H and O–H groups in total. The van der Waals surface area contributed by atoms with Gasteiger partial charge in [-0.15, -0.1) is 0 Å². The van der Waals surface area contributed by atoms with Crippen molar-refractivity contribution in [2.45, 2.75) is 58.1 Å². The van der Waals surface area contributed by atoms with Crippen LogP contribution in [-0.2, 0) is 0 Å². The second kappa shape index (κ2) is 6.38. The van der Waals surface area contributed by atoms with E-state index in [2.05, 4.69) is 6.92 Å². The molecule has 1 aromatic rings. The summed E-state index contributed by atoms with van der Waals surface area (Å²) in [7, 11) is 0. The van der Waals surface area contributed by atoms with Crippen molar-refractivity contribution >= 4 is 0 Å². The normalized spacial score (nSPS) is 25.1. The number of benzene rings is 1. The van der Waals surface area contributed by atoms with Crippen LogP contribution in [0.2, 0.25) is 0 Å². The average Bonchev–Trinajstić information content (AvgIpc) is 2.41. The molecule has 0 heterocycles. The van der Waals surface area contributed by atoms with Gasteiger partial charge in [0, 0.05) is 11.6 Å². The summed E-state index contributed by atoms with van der Waals surface area (Å²) < 4.78 is 19.5. The molecule has 3 atom stereocenters. The van der Waals surface area contributed by atoms with Crippen molar-refractivity contribution < 1.29 is 9.13 Å². The van der Waals surface area contributed by atoms with Crippen molar-refractivity contribution in [3.8, 4) is 5.75 Å². The Labute approximate surface area is 115 Å². The van der Waals surface area contributed by atoms with Crippen molar-refractivity contribution in [1.29, 1.82) is 0 Å². The Balaban J connectivity index is 2.17. The van der Waals surface area contributed by atoms with Gasteiger partial charge in [-0.2, -0.15) is 0 Å². The molecule has 2 nitrogen and oxygen atoms in total. The first-order valence-electron chi connectivity index (χ1n) is 7.33. The summed E-state index contributed by atoms with van der Waals surface area (Å²) in [6.45, 7) is 4.07. The van der Waals surface area contributed by atoms with E-state index in [0.717, 1.165) is 24.2 Å². The maximum Gasteiger partial charge on any atom is 0.124 e. The van der Waals surface area contributed by atoms with Crippen LogP contribution < -0.4 is 10.5 Å². The monoisotopic (exact) mass is 265 g/mol. The number of hydrogen-bond donors (Lipinski definition) is 1. The molecule has 0 spiro atoms. The highest BCUT2D eigenvalue weighted by atomic mass is 19.1. The van der Waals surface area contributed by atoms with Gasteiger partial charge in [0.25, 0.3) is 0 Å². The molecular weight excluding hydrogens is 241 g/mol. The minimum absolute atomic E-state index is 0.214. The van der Waals surface area contributed by atoms with Crippen LogP contribution >= 0.6 is 0 Å². The second-order valence-corrected chi connectivity index (χ2v) is 5.58. The van der Waals surface area contributed by atoms with E-state index in [4.69, 9.17) is 10.5 Å². The lowest BCUT2D eigenvalue weighted by Gasteiger charge is -2.32. The lowest BCUT2D eigenvalue weighted by atomic mass is 9.84. The molecule has 2 rings (SSSR count). The summed E-state index contributed by atoms with van der Waals surface area (Å²) in [5.41, 5.74) is 6.67. The third kappa shape index (κ3) is 3.47. The molecule has 0 radical (unpaired) electrons. The van der Waals surface area contributed by atoms with Gasteiger partial charge in [-0.05, 0) is 56.7 Å². The van der Waals surface area contributed by atoms with Crippen LogP contribution in [0.1, 0.15) is 57.6 Å². The van der Waals surface area contributed by atoms with E-state index in [1.54, 1.807) is 6.07 Å². The molecule has 1 aliphatic rings. The Morgan fingerprint density at radius 2 is 2.11 bits per heavy atom. The molecule has 1 fully saturated rings. The largest absolute Gasteiger partial charge is 0.490 e. The van der Waals surface area contributed by atoms with Gasteiger partial charge in [-0.3, -0.25) is 0 Å².